The number of nitrogens with two attached hydrogens (primary N) is 1. The first kappa shape index (κ1) is 17.0. The van der Waals surface area contributed by atoms with Crippen LogP contribution in [0.1, 0.15) is 45.7 Å². The second-order valence-electron chi connectivity index (χ2n) is 5.94. The first-order chi connectivity index (χ1) is 9.42. The molecule has 3 atom stereocenters. The summed E-state index contributed by atoms with van der Waals surface area (Å²) in [6.07, 6.45) is 0.964. The predicted molar refractivity (Wildman–Crippen MR) is 86.1 cm³/mol. The highest BCUT2D eigenvalue weighted by molar-refractivity contribution is 5.30. The lowest BCUT2D eigenvalue weighted by molar-refractivity contribution is 0.127. The fourth-order valence-corrected chi connectivity index (χ4v) is 2.53. The Morgan fingerprint density at radius 1 is 1.15 bits per heavy atom. The fourth-order valence-electron chi connectivity index (χ4n) is 2.53. The molecule has 0 spiro atoms. The number of nitrogens with zero attached hydrogens (tertiary/aromatic N) is 1. The van der Waals surface area contributed by atoms with Gasteiger partial charge in [0.25, 0.3) is 0 Å². The van der Waals surface area contributed by atoms with Gasteiger partial charge in [-0.25, -0.2) is 0 Å². The van der Waals surface area contributed by atoms with Crippen LogP contribution in [0.15, 0.2) is 24.3 Å². The van der Waals surface area contributed by atoms with Gasteiger partial charge in [0.2, 0.25) is 0 Å². The van der Waals surface area contributed by atoms with Crippen molar-refractivity contribution in [2.75, 3.05) is 14.2 Å². The zero-order chi connectivity index (χ0) is 15.3. The maximum Gasteiger partial charge on any atom is 0.118 e. The van der Waals surface area contributed by atoms with Gasteiger partial charge in [-0.05, 0) is 44.0 Å². The first-order valence-electron chi connectivity index (χ1n) is 7.53. The molecule has 1 rings (SSSR count). The molecule has 0 bridgehead atoms. The summed E-state index contributed by atoms with van der Waals surface area (Å²) in [6, 6.07) is 9.14. The Morgan fingerprint density at radius 2 is 1.70 bits per heavy atom. The third kappa shape index (κ3) is 3.97. The van der Waals surface area contributed by atoms with Crippen LogP contribution < -0.4 is 10.5 Å². The quantitative estimate of drug-likeness (QED) is 0.830. The standard InChI is InChI=1S/C17H30N2O/c1-7-16(18)17(19(5)13(4)12(2)3)14-8-10-15(20-6)11-9-14/h8-13,16-17H,7,18H2,1-6H3. The minimum Gasteiger partial charge on any atom is -0.497 e. The molecule has 0 aliphatic carbocycles. The van der Waals surface area contributed by atoms with Crippen LogP contribution >= 0.6 is 0 Å². The first-order valence-corrected chi connectivity index (χ1v) is 7.53. The lowest BCUT2D eigenvalue weighted by Gasteiger charge is -2.38. The molecule has 0 amide bonds. The molecule has 3 unspecified atom stereocenters. The van der Waals surface area contributed by atoms with Crippen molar-refractivity contribution in [1.82, 2.24) is 4.90 Å². The minimum absolute atomic E-state index is 0.134. The predicted octanol–water partition coefficient (Wildman–Crippen LogP) is 3.45. The molecule has 0 aromatic heterocycles. The zero-order valence-electron chi connectivity index (χ0n) is 13.8. The summed E-state index contributed by atoms with van der Waals surface area (Å²) in [6.45, 7) is 8.92. The Labute approximate surface area is 124 Å². The molecule has 0 saturated heterocycles. The van der Waals surface area contributed by atoms with Crippen molar-refractivity contribution in [2.24, 2.45) is 11.7 Å². The molecule has 0 fully saturated rings. The van der Waals surface area contributed by atoms with Gasteiger partial charge in [0.05, 0.1) is 7.11 Å². The molecule has 0 aliphatic heterocycles. The number of hydrogen-bond acceptors (Lipinski definition) is 3. The molecule has 1 aromatic carbocycles. The Kier molecular flexibility index (Phi) is 6.50. The van der Waals surface area contributed by atoms with E-state index in [1.807, 2.05) is 12.1 Å². The van der Waals surface area contributed by atoms with Crippen molar-refractivity contribution in [2.45, 2.75) is 52.2 Å². The van der Waals surface area contributed by atoms with Gasteiger partial charge in [-0.3, -0.25) is 4.90 Å². The van der Waals surface area contributed by atoms with Crippen molar-refractivity contribution in [3.05, 3.63) is 29.8 Å². The average Bonchev–Trinajstić information content (AvgIpc) is 2.46. The van der Waals surface area contributed by atoms with Crippen molar-refractivity contribution < 1.29 is 4.74 Å². The molecule has 0 heterocycles. The maximum absolute atomic E-state index is 6.39. The average molecular weight is 278 g/mol. The molecule has 0 radical (unpaired) electrons. The Hall–Kier alpha value is -1.06. The molecule has 0 aliphatic rings. The number of benzene rings is 1. The van der Waals surface area contributed by atoms with Crippen molar-refractivity contribution in [3.63, 3.8) is 0 Å². The van der Waals surface area contributed by atoms with Crippen molar-refractivity contribution in [1.29, 1.82) is 0 Å². The van der Waals surface area contributed by atoms with Crippen LogP contribution in [0.5, 0.6) is 5.75 Å². The van der Waals surface area contributed by atoms with E-state index in [0.717, 1.165) is 12.2 Å². The number of hydrogen-bond donors (Lipinski definition) is 1. The van der Waals surface area contributed by atoms with Gasteiger partial charge in [-0.2, -0.15) is 0 Å². The number of likely N-dealkylation sites (N-methyl/N-ethyl adjacent to an activating group) is 1. The van der Waals surface area contributed by atoms with E-state index in [2.05, 4.69) is 51.8 Å². The lowest BCUT2D eigenvalue weighted by Crippen LogP contribution is -2.44. The third-order valence-corrected chi connectivity index (χ3v) is 4.38. The van der Waals surface area contributed by atoms with Gasteiger partial charge in [0.15, 0.2) is 0 Å². The molecule has 3 heteroatoms. The van der Waals surface area contributed by atoms with E-state index >= 15 is 0 Å². The topological polar surface area (TPSA) is 38.5 Å². The molecule has 0 saturated carbocycles. The summed E-state index contributed by atoms with van der Waals surface area (Å²) in [4.78, 5) is 2.40. The molecule has 3 nitrogen and oxygen atoms in total. The fraction of sp³-hybridized carbons (Fsp3) is 0.647. The molecular weight excluding hydrogens is 248 g/mol. The second kappa shape index (κ2) is 7.65. The smallest absolute Gasteiger partial charge is 0.118 e. The zero-order valence-corrected chi connectivity index (χ0v) is 13.8. The van der Waals surface area contributed by atoms with E-state index in [9.17, 15) is 0 Å². The van der Waals surface area contributed by atoms with Gasteiger partial charge in [-0.1, -0.05) is 32.9 Å². The van der Waals surface area contributed by atoms with Crippen LogP contribution in [0.25, 0.3) is 0 Å². The number of ether oxygens (including phenoxy) is 1. The molecule has 20 heavy (non-hydrogen) atoms. The van der Waals surface area contributed by atoms with Gasteiger partial charge in [0, 0.05) is 18.1 Å². The van der Waals surface area contributed by atoms with Crippen molar-refractivity contribution in [3.8, 4) is 5.75 Å². The van der Waals surface area contributed by atoms with E-state index in [0.29, 0.717) is 12.0 Å². The van der Waals surface area contributed by atoms with Crippen molar-refractivity contribution >= 4 is 0 Å². The molecule has 1 aromatic rings. The van der Waals surface area contributed by atoms with Crippen LogP contribution in [0, 0.1) is 5.92 Å². The van der Waals surface area contributed by atoms with Gasteiger partial charge in [0.1, 0.15) is 5.75 Å². The largest absolute Gasteiger partial charge is 0.497 e. The van der Waals surface area contributed by atoms with Gasteiger partial charge < -0.3 is 10.5 Å². The maximum atomic E-state index is 6.39. The van der Waals surface area contributed by atoms with E-state index in [-0.39, 0.29) is 12.1 Å². The minimum atomic E-state index is 0.134. The highest BCUT2D eigenvalue weighted by atomic mass is 16.5. The van der Waals surface area contributed by atoms with Crippen LogP contribution in [-0.4, -0.2) is 31.1 Å². The van der Waals surface area contributed by atoms with Crippen LogP contribution in [0.2, 0.25) is 0 Å². The number of methoxy groups -OCH3 is 1. The monoisotopic (exact) mass is 278 g/mol. The normalized spacial score (nSPS) is 16.2. The lowest BCUT2D eigenvalue weighted by atomic mass is 9.93. The SMILES string of the molecule is CCC(N)C(c1ccc(OC)cc1)N(C)C(C)C(C)C. The Balaban J connectivity index is 3.04. The van der Waals surface area contributed by atoms with E-state index in [1.165, 1.54) is 5.56 Å². The van der Waals surface area contributed by atoms with Crippen LogP contribution in [-0.2, 0) is 0 Å². The van der Waals surface area contributed by atoms with E-state index in [1.54, 1.807) is 7.11 Å². The van der Waals surface area contributed by atoms with E-state index in [4.69, 9.17) is 10.5 Å². The number of rotatable bonds is 7. The van der Waals surface area contributed by atoms with E-state index < -0.39 is 0 Å². The summed E-state index contributed by atoms with van der Waals surface area (Å²) in [5, 5.41) is 0. The summed E-state index contributed by atoms with van der Waals surface area (Å²) < 4.78 is 5.24. The Bertz CT molecular complexity index is 388. The summed E-state index contributed by atoms with van der Waals surface area (Å²) in [5.74, 6) is 1.49. The molecule has 114 valence electrons. The highest BCUT2D eigenvalue weighted by Crippen LogP contribution is 2.29. The summed E-state index contributed by atoms with van der Waals surface area (Å²) in [7, 11) is 3.87. The third-order valence-electron chi connectivity index (χ3n) is 4.38. The Morgan fingerprint density at radius 3 is 2.10 bits per heavy atom. The van der Waals surface area contributed by atoms with Crippen LogP contribution in [0.3, 0.4) is 0 Å². The van der Waals surface area contributed by atoms with Crippen LogP contribution in [0.4, 0.5) is 0 Å². The molecule has 2 N–H and O–H groups in total. The highest BCUT2D eigenvalue weighted by Gasteiger charge is 2.27. The molecular formula is C17H30N2O. The summed E-state index contributed by atoms with van der Waals surface area (Å²) in [5.41, 5.74) is 7.65. The summed E-state index contributed by atoms with van der Waals surface area (Å²) >= 11 is 0. The van der Waals surface area contributed by atoms with Gasteiger partial charge >= 0.3 is 0 Å². The second-order valence-corrected chi connectivity index (χ2v) is 5.94. The van der Waals surface area contributed by atoms with Gasteiger partial charge in [-0.15, -0.1) is 0 Å².